The minimum Gasteiger partial charge on any atom is -0.373 e. The second kappa shape index (κ2) is 5.75. The third-order valence-corrected chi connectivity index (χ3v) is 3.99. The van der Waals surface area contributed by atoms with E-state index < -0.39 is 0 Å². The van der Waals surface area contributed by atoms with Crippen LogP contribution in [0.15, 0.2) is 0 Å². The molecule has 2 aliphatic heterocycles. The van der Waals surface area contributed by atoms with E-state index in [4.69, 9.17) is 27.9 Å². The summed E-state index contributed by atoms with van der Waals surface area (Å²) in [4.78, 5) is 6.49. The molecule has 0 aromatic carbocycles. The molecule has 2 fully saturated rings. The van der Waals surface area contributed by atoms with Crippen LogP contribution in [0.5, 0.6) is 0 Å². The molecule has 0 radical (unpaired) electrons. The van der Waals surface area contributed by atoms with Crippen LogP contribution < -0.4 is 5.32 Å². The molecule has 1 aromatic heterocycles. The van der Waals surface area contributed by atoms with Crippen LogP contribution in [0.2, 0.25) is 10.4 Å². The lowest BCUT2D eigenvalue weighted by molar-refractivity contribution is -0.0416. The maximum atomic E-state index is 5.89. The monoisotopic (exact) mass is 303 g/mol. The van der Waals surface area contributed by atoms with Crippen molar-refractivity contribution in [3.63, 3.8) is 0 Å². The third kappa shape index (κ3) is 3.08. The van der Waals surface area contributed by atoms with Crippen molar-refractivity contribution in [3.8, 4) is 0 Å². The first kappa shape index (κ1) is 13.3. The summed E-state index contributed by atoms with van der Waals surface area (Å²) in [7, 11) is 0. The zero-order chi connectivity index (χ0) is 13.2. The quantitative estimate of drug-likeness (QED) is 0.912. The van der Waals surface area contributed by atoms with Crippen LogP contribution in [0.1, 0.15) is 12.8 Å². The van der Waals surface area contributed by atoms with Crippen molar-refractivity contribution >= 4 is 29.0 Å². The van der Waals surface area contributed by atoms with E-state index in [9.17, 15) is 0 Å². The van der Waals surface area contributed by atoms with Crippen molar-refractivity contribution in [2.75, 3.05) is 31.6 Å². The molecular formula is C11H15Cl2N5O. The van der Waals surface area contributed by atoms with Crippen LogP contribution in [-0.4, -0.2) is 58.5 Å². The Morgan fingerprint density at radius 3 is 3.16 bits per heavy atom. The summed E-state index contributed by atoms with van der Waals surface area (Å²) in [6.07, 6.45) is 2.65. The summed E-state index contributed by atoms with van der Waals surface area (Å²) in [5.41, 5.74) is 0. The first-order valence-corrected chi connectivity index (χ1v) is 7.13. The van der Waals surface area contributed by atoms with E-state index in [0.717, 1.165) is 13.2 Å². The van der Waals surface area contributed by atoms with E-state index in [-0.39, 0.29) is 16.5 Å². The number of rotatable bonds is 3. The Kier molecular flexibility index (Phi) is 4.02. The first-order chi connectivity index (χ1) is 9.22. The van der Waals surface area contributed by atoms with Crippen molar-refractivity contribution in [2.24, 2.45) is 0 Å². The summed E-state index contributed by atoms with van der Waals surface area (Å²) in [6, 6.07) is 0.606. The van der Waals surface area contributed by atoms with Gasteiger partial charge in [-0.2, -0.15) is 4.98 Å². The number of anilines is 1. The fourth-order valence-electron chi connectivity index (χ4n) is 2.63. The van der Waals surface area contributed by atoms with Gasteiger partial charge in [0.05, 0.1) is 12.7 Å². The Morgan fingerprint density at radius 2 is 2.26 bits per heavy atom. The van der Waals surface area contributed by atoms with Gasteiger partial charge in [-0.1, -0.05) is 11.6 Å². The Labute approximate surface area is 121 Å². The summed E-state index contributed by atoms with van der Waals surface area (Å²) in [5, 5.41) is 10.7. The second-order valence-electron chi connectivity index (χ2n) is 4.85. The number of nitrogens with one attached hydrogen (secondary N) is 1. The van der Waals surface area contributed by atoms with Crippen LogP contribution >= 0.6 is 23.2 Å². The van der Waals surface area contributed by atoms with Crippen LogP contribution in [0.3, 0.4) is 0 Å². The molecule has 104 valence electrons. The first-order valence-electron chi connectivity index (χ1n) is 6.37. The fourth-order valence-corrected chi connectivity index (χ4v) is 2.89. The molecule has 2 atom stereocenters. The minimum absolute atomic E-state index is 0.0797. The topological polar surface area (TPSA) is 63.2 Å². The smallest absolute Gasteiger partial charge is 0.245 e. The maximum Gasteiger partial charge on any atom is 0.245 e. The molecule has 3 heterocycles. The third-order valence-electron chi connectivity index (χ3n) is 3.58. The summed E-state index contributed by atoms with van der Waals surface area (Å²) in [5.74, 6) is 0.453. The second-order valence-corrected chi connectivity index (χ2v) is 5.54. The molecule has 8 heteroatoms. The average Bonchev–Trinajstić information content (AvgIpc) is 2.87. The fraction of sp³-hybridized carbons (Fsp3) is 0.727. The van der Waals surface area contributed by atoms with E-state index >= 15 is 0 Å². The standard InChI is InChI=1S/C11H15Cl2N5O/c12-9-10(15-11(13)17-16-9)14-4-8-5-18-3-1-2-7(18)6-19-8/h7-8H,1-6H2,(H,14,15,17). The number of morpholine rings is 1. The molecule has 3 rings (SSSR count). The molecule has 19 heavy (non-hydrogen) atoms. The lowest BCUT2D eigenvalue weighted by Gasteiger charge is -2.35. The minimum atomic E-state index is 0.0797. The molecule has 6 nitrogen and oxygen atoms in total. The number of nitrogens with zero attached hydrogens (tertiary/aromatic N) is 4. The van der Waals surface area contributed by atoms with Gasteiger partial charge in [-0.25, -0.2) is 0 Å². The number of fused-ring (bicyclic) bond motifs is 1. The molecule has 0 saturated carbocycles. The van der Waals surface area contributed by atoms with Crippen molar-refractivity contribution in [3.05, 3.63) is 10.4 Å². The van der Waals surface area contributed by atoms with Crippen molar-refractivity contribution in [2.45, 2.75) is 25.0 Å². The maximum absolute atomic E-state index is 5.89. The SMILES string of the molecule is Clc1nnc(Cl)c(NCC2CN3CCCC3CO2)n1. The number of ether oxygens (including phenoxy) is 1. The van der Waals surface area contributed by atoms with Crippen LogP contribution in [0.4, 0.5) is 5.82 Å². The van der Waals surface area contributed by atoms with E-state index in [0.29, 0.717) is 18.4 Å². The van der Waals surface area contributed by atoms with E-state index in [1.165, 1.54) is 19.4 Å². The molecule has 2 aliphatic rings. The highest BCUT2D eigenvalue weighted by Crippen LogP contribution is 2.23. The molecule has 2 unspecified atom stereocenters. The summed E-state index contributed by atoms with van der Waals surface area (Å²) in [6.45, 7) is 3.56. The van der Waals surface area contributed by atoms with E-state index in [1.807, 2.05) is 0 Å². The van der Waals surface area contributed by atoms with E-state index in [1.54, 1.807) is 0 Å². The highest BCUT2D eigenvalue weighted by Gasteiger charge is 2.32. The molecule has 0 spiro atoms. The predicted octanol–water partition coefficient (Wildman–Crippen LogP) is 1.45. The van der Waals surface area contributed by atoms with Gasteiger partial charge in [0, 0.05) is 19.1 Å². The summed E-state index contributed by atoms with van der Waals surface area (Å²) < 4.78 is 5.84. The average molecular weight is 304 g/mol. The van der Waals surface area contributed by atoms with Crippen molar-refractivity contribution in [1.82, 2.24) is 20.1 Å². The van der Waals surface area contributed by atoms with Crippen molar-refractivity contribution in [1.29, 1.82) is 0 Å². The lowest BCUT2D eigenvalue weighted by Crippen LogP contribution is -2.48. The number of hydrogen-bond acceptors (Lipinski definition) is 6. The van der Waals surface area contributed by atoms with Crippen molar-refractivity contribution < 1.29 is 4.74 Å². The predicted molar refractivity (Wildman–Crippen MR) is 72.7 cm³/mol. The van der Waals surface area contributed by atoms with Gasteiger partial charge in [0.2, 0.25) is 5.28 Å². The Balaban J connectivity index is 1.56. The zero-order valence-electron chi connectivity index (χ0n) is 10.4. The van der Waals surface area contributed by atoms with Gasteiger partial charge in [-0.3, -0.25) is 4.90 Å². The van der Waals surface area contributed by atoms with Gasteiger partial charge in [0.1, 0.15) is 0 Å². The van der Waals surface area contributed by atoms with E-state index in [2.05, 4.69) is 25.4 Å². The van der Waals surface area contributed by atoms with Gasteiger partial charge >= 0.3 is 0 Å². The molecular weight excluding hydrogens is 289 g/mol. The lowest BCUT2D eigenvalue weighted by atomic mass is 10.2. The van der Waals surface area contributed by atoms with Gasteiger partial charge in [0.25, 0.3) is 0 Å². The number of aromatic nitrogens is 3. The summed E-state index contributed by atoms with van der Waals surface area (Å²) >= 11 is 11.6. The number of halogens is 2. The molecule has 0 bridgehead atoms. The van der Waals surface area contributed by atoms with Crippen LogP contribution in [-0.2, 0) is 4.74 Å². The molecule has 2 saturated heterocycles. The largest absolute Gasteiger partial charge is 0.373 e. The highest BCUT2D eigenvalue weighted by atomic mass is 35.5. The van der Waals surface area contributed by atoms with Crippen LogP contribution in [0, 0.1) is 0 Å². The molecule has 0 aliphatic carbocycles. The Morgan fingerprint density at radius 1 is 1.37 bits per heavy atom. The van der Waals surface area contributed by atoms with Gasteiger partial charge in [-0.15, -0.1) is 10.2 Å². The Bertz CT molecular complexity index is 461. The van der Waals surface area contributed by atoms with Gasteiger partial charge in [0.15, 0.2) is 11.0 Å². The van der Waals surface area contributed by atoms with Gasteiger partial charge in [-0.05, 0) is 31.0 Å². The zero-order valence-corrected chi connectivity index (χ0v) is 11.9. The Hall–Kier alpha value is -0.690. The highest BCUT2D eigenvalue weighted by molar-refractivity contribution is 6.32. The van der Waals surface area contributed by atoms with Crippen LogP contribution in [0.25, 0.3) is 0 Å². The molecule has 0 amide bonds. The molecule has 1 aromatic rings. The normalized spacial score (nSPS) is 27.3. The number of hydrogen-bond donors (Lipinski definition) is 1. The van der Waals surface area contributed by atoms with Gasteiger partial charge < -0.3 is 10.1 Å². The molecule has 1 N–H and O–H groups in total.